The molecule has 1 unspecified atom stereocenters. The molecule has 2 aliphatic heterocycles. The van der Waals surface area contributed by atoms with Crippen molar-refractivity contribution in [1.82, 2.24) is 9.80 Å². The van der Waals surface area contributed by atoms with Crippen molar-refractivity contribution in [1.29, 1.82) is 0 Å². The summed E-state index contributed by atoms with van der Waals surface area (Å²) >= 11 is 0. The normalized spacial score (nSPS) is 21.2. The summed E-state index contributed by atoms with van der Waals surface area (Å²) in [5.74, 6) is -0.0419. The van der Waals surface area contributed by atoms with Gasteiger partial charge in [0.15, 0.2) is 0 Å². The first-order valence-electron chi connectivity index (χ1n) is 8.62. The third kappa shape index (κ3) is 4.04. The number of aliphatic carboxylic acids is 1. The topological polar surface area (TPSA) is 79.3 Å². The summed E-state index contributed by atoms with van der Waals surface area (Å²) in [6, 6.07) is 8.98. The number of para-hydroxylation sites is 1. The molecular formula is C18H24N2O5. The molecule has 0 aromatic heterocycles. The van der Waals surface area contributed by atoms with Crippen LogP contribution in [0.3, 0.4) is 0 Å². The highest BCUT2D eigenvalue weighted by atomic mass is 16.6. The lowest BCUT2D eigenvalue weighted by Crippen LogP contribution is -2.51. The smallest absolute Gasteiger partial charge is 0.410 e. The van der Waals surface area contributed by atoms with Gasteiger partial charge in [0.25, 0.3) is 0 Å². The van der Waals surface area contributed by atoms with Gasteiger partial charge in [-0.2, -0.15) is 0 Å². The maximum atomic E-state index is 12.2. The highest BCUT2D eigenvalue weighted by molar-refractivity contribution is 5.73. The molecule has 0 aliphatic carbocycles. The van der Waals surface area contributed by atoms with Crippen LogP contribution in [0.5, 0.6) is 5.75 Å². The number of piperidine rings is 1. The standard InChI is InChI=1S/C18H24N2O5/c1-14(16(21)22)19-9-7-18(8-10-19)13-20(17(23)25-18)11-12-24-15-5-3-2-4-6-15/h2-6,14H,7-13H2,1H3,(H,21,22). The van der Waals surface area contributed by atoms with Gasteiger partial charge in [-0.15, -0.1) is 0 Å². The summed E-state index contributed by atoms with van der Waals surface area (Å²) in [5.41, 5.74) is -0.488. The average Bonchev–Trinajstić information content (AvgIpc) is 2.91. The van der Waals surface area contributed by atoms with Gasteiger partial charge in [-0.25, -0.2) is 4.79 Å². The van der Waals surface area contributed by atoms with Crippen LogP contribution in [0.4, 0.5) is 4.79 Å². The van der Waals surface area contributed by atoms with E-state index in [1.54, 1.807) is 11.8 Å². The first-order chi connectivity index (χ1) is 12.0. The van der Waals surface area contributed by atoms with Crippen LogP contribution in [-0.2, 0) is 9.53 Å². The molecule has 1 spiro atoms. The van der Waals surface area contributed by atoms with Crippen LogP contribution in [-0.4, -0.2) is 71.4 Å². The molecule has 2 heterocycles. The van der Waals surface area contributed by atoms with Gasteiger partial charge in [0, 0.05) is 25.9 Å². The monoisotopic (exact) mass is 348 g/mol. The third-order valence-corrected chi connectivity index (χ3v) is 5.03. The second kappa shape index (κ2) is 7.31. The maximum Gasteiger partial charge on any atom is 0.410 e. The summed E-state index contributed by atoms with van der Waals surface area (Å²) in [4.78, 5) is 26.9. The molecule has 1 N–H and O–H groups in total. The van der Waals surface area contributed by atoms with Crippen LogP contribution in [0.25, 0.3) is 0 Å². The number of carboxylic acids is 1. The fourth-order valence-electron chi connectivity index (χ4n) is 3.39. The van der Waals surface area contributed by atoms with E-state index >= 15 is 0 Å². The summed E-state index contributed by atoms with van der Waals surface area (Å²) < 4.78 is 11.3. The Morgan fingerprint density at radius 2 is 2.00 bits per heavy atom. The second-order valence-electron chi connectivity index (χ2n) is 6.68. The minimum atomic E-state index is -0.820. The minimum Gasteiger partial charge on any atom is -0.492 e. The predicted molar refractivity (Wildman–Crippen MR) is 90.6 cm³/mol. The van der Waals surface area contributed by atoms with Gasteiger partial charge in [-0.3, -0.25) is 9.69 Å². The van der Waals surface area contributed by atoms with Crippen molar-refractivity contribution in [3.63, 3.8) is 0 Å². The number of carbonyl (C=O) groups excluding carboxylic acids is 1. The number of hydrogen-bond donors (Lipinski definition) is 1. The molecule has 2 aliphatic rings. The Hall–Kier alpha value is -2.28. The lowest BCUT2D eigenvalue weighted by atomic mass is 9.90. The van der Waals surface area contributed by atoms with Crippen LogP contribution in [0, 0.1) is 0 Å². The number of likely N-dealkylation sites (tertiary alicyclic amines) is 1. The summed E-state index contributed by atoms with van der Waals surface area (Å²) in [7, 11) is 0. The van der Waals surface area contributed by atoms with Gasteiger partial charge in [0.1, 0.15) is 24.0 Å². The predicted octanol–water partition coefficient (Wildman–Crippen LogP) is 1.83. The van der Waals surface area contributed by atoms with Gasteiger partial charge in [-0.1, -0.05) is 18.2 Å². The SMILES string of the molecule is CC(C(=O)O)N1CCC2(CC1)CN(CCOc1ccccc1)C(=O)O2. The third-order valence-electron chi connectivity index (χ3n) is 5.03. The lowest BCUT2D eigenvalue weighted by Gasteiger charge is -2.38. The molecule has 2 saturated heterocycles. The molecule has 7 heteroatoms. The number of amides is 1. The molecule has 1 aromatic carbocycles. The number of rotatable bonds is 6. The molecule has 0 saturated carbocycles. The highest BCUT2D eigenvalue weighted by Gasteiger charge is 2.47. The Morgan fingerprint density at radius 3 is 2.64 bits per heavy atom. The van der Waals surface area contributed by atoms with Gasteiger partial charge in [0.05, 0.1) is 13.1 Å². The van der Waals surface area contributed by atoms with Gasteiger partial charge in [-0.05, 0) is 19.1 Å². The van der Waals surface area contributed by atoms with Crippen molar-refractivity contribution < 1.29 is 24.2 Å². The van der Waals surface area contributed by atoms with Crippen LogP contribution in [0.15, 0.2) is 30.3 Å². The summed E-state index contributed by atoms with van der Waals surface area (Å²) in [6.45, 7) is 4.36. The van der Waals surface area contributed by atoms with E-state index in [9.17, 15) is 9.59 Å². The fourth-order valence-corrected chi connectivity index (χ4v) is 3.39. The van der Waals surface area contributed by atoms with Gasteiger partial charge >= 0.3 is 12.1 Å². The van der Waals surface area contributed by atoms with Crippen molar-refractivity contribution in [2.45, 2.75) is 31.4 Å². The van der Waals surface area contributed by atoms with E-state index < -0.39 is 17.6 Å². The van der Waals surface area contributed by atoms with E-state index in [1.807, 2.05) is 35.2 Å². The highest BCUT2D eigenvalue weighted by Crippen LogP contribution is 2.33. The van der Waals surface area contributed by atoms with Crippen LogP contribution in [0.2, 0.25) is 0 Å². The zero-order chi connectivity index (χ0) is 17.9. The van der Waals surface area contributed by atoms with Crippen molar-refractivity contribution >= 4 is 12.1 Å². The van der Waals surface area contributed by atoms with Crippen molar-refractivity contribution in [3.05, 3.63) is 30.3 Å². The molecule has 3 rings (SSSR count). The minimum absolute atomic E-state index is 0.309. The average molecular weight is 348 g/mol. The largest absolute Gasteiger partial charge is 0.492 e. The van der Waals surface area contributed by atoms with E-state index in [0.29, 0.717) is 45.6 Å². The summed E-state index contributed by atoms with van der Waals surface area (Å²) in [6.07, 6.45) is 1.01. The number of hydrogen-bond acceptors (Lipinski definition) is 5. The van der Waals surface area contributed by atoms with Crippen molar-refractivity contribution in [3.8, 4) is 5.75 Å². The van der Waals surface area contributed by atoms with Gasteiger partial charge in [0.2, 0.25) is 0 Å². The van der Waals surface area contributed by atoms with Crippen molar-refractivity contribution in [2.24, 2.45) is 0 Å². The number of nitrogens with zero attached hydrogens (tertiary/aromatic N) is 2. The molecule has 0 bridgehead atoms. The molecule has 0 radical (unpaired) electrons. The molecule has 136 valence electrons. The Kier molecular flexibility index (Phi) is 5.13. The Balaban J connectivity index is 1.48. The van der Waals surface area contributed by atoms with E-state index in [4.69, 9.17) is 14.6 Å². The zero-order valence-electron chi connectivity index (χ0n) is 14.4. The number of carboxylic acid groups (broad SMARTS) is 1. The van der Waals surface area contributed by atoms with Crippen LogP contribution >= 0.6 is 0 Å². The van der Waals surface area contributed by atoms with Crippen molar-refractivity contribution in [2.75, 3.05) is 32.8 Å². The molecular weight excluding hydrogens is 324 g/mol. The van der Waals surface area contributed by atoms with E-state index in [-0.39, 0.29) is 6.09 Å². The van der Waals surface area contributed by atoms with E-state index in [2.05, 4.69) is 0 Å². The molecule has 25 heavy (non-hydrogen) atoms. The second-order valence-corrected chi connectivity index (χ2v) is 6.68. The van der Waals surface area contributed by atoms with Crippen LogP contribution < -0.4 is 4.74 Å². The molecule has 1 aromatic rings. The van der Waals surface area contributed by atoms with Crippen LogP contribution in [0.1, 0.15) is 19.8 Å². The first-order valence-corrected chi connectivity index (χ1v) is 8.62. The molecule has 1 atom stereocenters. The Labute approximate surface area is 147 Å². The summed E-state index contributed by atoms with van der Waals surface area (Å²) in [5, 5.41) is 9.12. The molecule has 7 nitrogen and oxygen atoms in total. The van der Waals surface area contributed by atoms with Gasteiger partial charge < -0.3 is 19.5 Å². The fraction of sp³-hybridized carbons (Fsp3) is 0.556. The van der Waals surface area contributed by atoms with E-state index in [0.717, 1.165) is 5.75 Å². The van der Waals surface area contributed by atoms with E-state index in [1.165, 1.54) is 0 Å². The molecule has 1 amide bonds. The quantitative estimate of drug-likeness (QED) is 0.845. The Morgan fingerprint density at radius 1 is 1.32 bits per heavy atom. The first kappa shape index (κ1) is 17.5. The molecule has 2 fully saturated rings. The number of benzene rings is 1. The number of carbonyl (C=O) groups is 2. The Bertz CT molecular complexity index is 613. The maximum absolute atomic E-state index is 12.2. The lowest BCUT2D eigenvalue weighted by molar-refractivity contribution is -0.144. The number of ether oxygens (including phenoxy) is 2. The zero-order valence-corrected chi connectivity index (χ0v) is 14.4.